The topological polar surface area (TPSA) is 46.3 Å². The van der Waals surface area contributed by atoms with E-state index in [0.29, 0.717) is 22.6 Å². The quantitative estimate of drug-likeness (QED) is 0.911. The lowest BCUT2D eigenvalue weighted by Gasteiger charge is -2.27. The van der Waals surface area contributed by atoms with E-state index in [1.54, 1.807) is 0 Å². The van der Waals surface area contributed by atoms with Crippen molar-refractivity contribution >= 4 is 33.0 Å². The molecule has 1 aromatic carbocycles. The number of hydrogen-bond acceptors (Lipinski definition) is 3. The Morgan fingerprint density at radius 2 is 2.15 bits per heavy atom. The maximum Gasteiger partial charge on any atom is 0.266 e. The van der Waals surface area contributed by atoms with Crippen molar-refractivity contribution < 1.29 is 4.79 Å². The van der Waals surface area contributed by atoms with Gasteiger partial charge >= 0.3 is 0 Å². The second kappa shape index (κ2) is 5.09. The summed E-state index contributed by atoms with van der Waals surface area (Å²) in [4.78, 5) is 15.6. The van der Waals surface area contributed by atoms with Crippen molar-refractivity contribution in [2.24, 2.45) is 0 Å². The lowest BCUT2D eigenvalue weighted by Crippen LogP contribution is -2.39. The number of carbonyl (C=O) groups excluding carboxylic acids is 1. The van der Waals surface area contributed by atoms with Gasteiger partial charge in [0.05, 0.1) is 5.69 Å². The Morgan fingerprint density at radius 1 is 1.40 bits per heavy atom. The fourth-order valence-electron chi connectivity index (χ4n) is 3.18. The number of nitrogens with zero attached hydrogens (tertiary/aromatic N) is 1. The molecule has 2 N–H and O–H groups in total. The minimum Gasteiger partial charge on any atom is -0.397 e. The molecule has 2 atom stereocenters. The van der Waals surface area contributed by atoms with E-state index in [0.717, 1.165) is 29.3 Å². The van der Waals surface area contributed by atoms with Crippen LogP contribution in [-0.2, 0) is 0 Å². The van der Waals surface area contributed by atoms with Crippen LogP contribution in [0.4, 0.5) is 5.69 Å². The first-order chi connectivity index (χ1) is 9.63. The van der Waals surface area contributed by atoms with Gasteiger partial charge in [0.15, 0.2) is 0 Å². The van der Waals surface area contributed by atoms with E-state index < -0.39 is 0 Å². The largest absolute Gasteiger partial charge is 0.397 e. The zero-order valence-corrected chi connectivity index (χ0v) is 12.7. The minimum atomic E-state index is 0.112. The van der Waals surface area contributed by atoms with Gasteiger partial charge < -0.3 is 10.6 Å². The number of nitrogens with two attached hydrogens (primary N) is 1. The number of rotatable bonds is 2. The van der Waals surface area contributed by atoms with Crippen molar-refractivity contribution in [2.75, 3.05) is 5.73 Å². The molecule has 0 saturated carbocycles. The average Bonchev–Trinajstić information content (AvgIpc) is 2.99. The van der Waals surface area contributed by atoms with E-state index in [1.807, 2.05) is 29.2 Å². The number of thiophene rings is 1. The van der Waals surface area contributed by atoms with Crippen LogP contribution in [0.1, 0.15) is 42.8 Å². The number of anilines is 1. The van der Waals surface area contributed by atoms with E-state index in [9.17, 15) is 4.79 Å². The third-order valence-electron chi connectivity index (χ3n) is 4.32. The second-order valence-electron chi connectivity index (χ2n) is 5.54. The maximum absolute atomic E-state index is 12.9. The molecule has 0 bridgehead atoms. The molecular weight excluding hydrogens is 268 g/mol. The Balaban J connectivity index is 2.02. The number of benzene rings is 1. The minimum absolute atomic E-state index is 0.112. The SMILES string of the molecule is CCC1CCC(C)N1C(=O)c1sc2ccccc2c1N. The molecule has 4 heteroatoms. The first kappa shape index (κ1) is 13.4. The van der Waals surface area contributed by atoms with Gasteiger partial charge in [-0.1, -0.05) is 25.1 Å². The second-order valence-corrected chi connectivity index (χ2v) is 6.59. The van der Waals surface area contributed by atoms with Crippen LogP contribution in [0.2, 0.25) is 0 Å². The third kappa shape index (κ3) is 1.99. The van der Waals surface area contributed by atoms with Gasteiger partial charge in [-0.25, -0.2) is 0 Å². The van der Waals surface area contributed by atoms with E-state index in [2.05, 4.69) is 13.8 Å². The molecule has 1 fully saturated rings. The summed E-state index contributed by atoms with van der Waals surface area (Å²) in [6, 6.07) is 8.65. The van der Waals surface area contributed by atoms with Gasteiger partial charge in [-0.05, 0) is 32.3 Å². The maximum atomic E-state index is 12.9. The number of hydrogen-bond donors (Lipinski definition) is 1. The number of nitrogen functional groups attached to an aromatic ring is 1. The molecule has 1 saturated heterocycles. The van der Waals surface area contributed by atoms with Crippen molar-refractivity contribution in [1.82, 2.24) is 4.90 Å². The lowest BCUT2D eigenvalue weighted by molar-refractivity contribution is 0.0682. The summed E-state index contributed by atoms with van der Waals surface area (Å²) in [5, 5.41) is 1.00. The predicted octanol–water partition coefficient (Wildman–Crippen LogP) is 3.89. The molecule has 1 aromatic heterocycles. The van der Waals surface area contributed by atoms with Crippen molar-refractivity contribution in [3.8, 4) is 0 Å². The van der Waals surface area contributed by atoms with Crippen LogP contribution in [0.15, 0.2) is 24.3 Å². The highest BCUT2D eigenvalue weighted by Gasteiger charge is 2.35. The molecule has 0 spiro atoms. The fourth-order valence-corrected chi connectivity index (χ4v) is 4.25. The first-order valence-corrected chi connectivity index (χ1v) is 8.04. The molecule has 1 aliphatic rings. The molecule has 2 aromatic rings. The van der Waals surface area contributed by atoms with Gasteiger partial charge in [0.1, 0.15) is 4.88 Å². The van der Waals surface area contributed by atoms with E-state index in [-0.39, 0.29) is 5.91 Å². The van der Waals surface area contributed by atoms with E-state index >= 15 is 0 Å². The summed E-state index contributed by atoms with van der Waals surface area (Å²) in [6.07, 6.45) is 3.21. The molecule has 106 valence electrons. The number of amides is 1. The van der Waals surface area contributed by atoms with Crippen LogP contribution in [0.5, 0.6) is 0 Å². The van der Waals surface area contributed by atoms with Gasteiger partial charge in [0.25, 0.3) is 5.91 Å². The van der Waals surface area contributed by atoms with Crippen LogP contribution >= 0.6 is 11.3 Å². The Hall–Kier alpha value is -1.55. The van der Waals surface area contributed by atoms with Crippen molar-refractivity contribution in [3.05, 3.63) is 29.1 Å². The highest BCUT2D eigenvalue weighted by atomic mass is 32.1. The van der Waals surface area contributed by atoms with Crippen LogP contribution in [0.3, 0.4) is 0 Å². The predicted molar refractivity (Wildman–Crippen MR) is 85.2 cm³/mol. The number of carbonyl (C=O) groups is 1. The molecule has 3 rings (SSSR count). The summed E-state index contributed by atoms with van der Waals surface area (Å²) in [6.45, 7) is 4.29. The van der Waals surface area contributed by atoms with E-state index in [4.69, 9.17) is 5.73 Å². The van der Waals surface area contributed by atoms with Crippen molar-refractivity contribution in [1.29, 1.82) is 0 Å². The van der Waals surface area contributed by atoms with Crippen LogP contribution in [0.25, 0.3) is 10.1 Å². The van der Waals surface area contributed by atoms with Gasteiger partial charge in [0, 0.05) is 22.2 Å². The van der Waals surface area contributed by atoms with E-state index in [1.165, 1.54) is 11.3 Å². The van der Waals surface area contributed by atoms with Gasteiger partial charge in [0.2, 0.25) is 0 Å². The smallest absolute Gasteiger partial charge is 0.266 e. The number of fused-ring (bicyclic) bond motifs is 1. The molecular formula is C16H20N2OS. The molecule has 1 amide bonds. The van der Waals surface area contributed by atoms with Crippen LogP contribution < -0.4 is 5.73 Å². The van der Waals surface area contributed by atoms with Gasteiger partial charge in [-0.3, -0.25) is 4.79 Å². The summed E-state index contributed by atoms with van der Waals surface area (Å²) in [5.74, 6) is 0.112. The molecule has 3 nitrogen and oxygen atoms in total. The standard InChI is InChI=1S/C16H20N2OS/c1-3-11-9-8-10(2)18(11)16(19)15-14(17)12-6-4-5-7-13(12)20-15/h4-7,10-11H,3,8-9,17H2,1-2H3. The normalized spacial score (nSPS) is 22.6. The fraction of sp³-hybridized carbons (Fsp3) is 0.438. The van der Waals surface area contributed by atoms with Crippen molar-refractivity contribution in [2.45, 2.75) is 45.2 Å². The zero-order chi connectivity index (χ0) is 14.3. The highest BCUT2D eigenvalue weighted by Crippen LogP contribution is 2.37. The number of likely N-dealkylation sites (tertiary alicyclic amines) is 1. The molecule has 1 aliphatic heterocycles. The molecule has 2 unspecified atom stereocenters. The third-order valence-corrected chi connectivity index (χ3v) is 5.49. The van der Waals surface area contributed by atoms with Crippen LogP contribution in [0, 0.1) is 0 Å². The summed E-state index contributed by atoms with van der Waals surface area (Å²) < 4.78 is 1.09. The van der Waals surface area contributed by atoms with Gasteiger partial charge in [-0.15, -0.1) is 11.3 Å². The monoisotopic (exact) mass is 288 g/mol. The Bertz CT molecular complexity index is 649. The molecule has 20 heavy (non-hydrogen) atoms. The summed E-state index contributed by atoms with van der Waals surface area (Å²) >= 11 is 1.52. The summed E-state index contributed by atoms with van der Waals surface area (Å²) in [7, 11) is 0. The lowest BCUT2D eigenvalue weighted by atomic mass is 10.1. The molecule has 0 aliphatic carbocycles. The summed E-state index contributed by atoms with van der Waals surface area (Å²) in [5.41, 5.74) is 6.85. The Labute approximate surface area is 123 Å². The molecule has 2 heterocycles. The Morgan fingerprint density at radius 3 is 2.85 bits per heavy atom. The van der Waals surface area contributed by atoms with Crippen molar-refractivity contribution in [3.63, 3.8) is 0 Å². The Kier molecular flexibility index (Phi) is 3.42. The zero-order valence-electron chi connectivity index (χ0n) is 11.9. The highest BCUT2D eigenvalue weighted by molar-refractivity contribution is 7.21. The average molecular weight is 288 g/mol. The first-order valence-electron chi connectivity index (χ1n) is 7.23. The van der Waals surface area contributed by atoms with Gasteiger partial charge in [-0.2, -0.15) is 0 Å². The molecule has 0 radical (unpaired) electrons. The van der Waals surface area contributed by atoms with Crippen LogP contribution in [-0.4, -0.2) is 22.9 Å².